The summed E-state index contributed by atoms with van der Waals surface area (Å²) in [6.45, 7) is 3.81. The van der Waals surface area contributed by atoms with Crippen LogP contribution in [-0.2, 0) is 6.42 Å². The summed E-state index contributed by atoms with van der Waals surface area (Å²) in [6.07, 6.45) is 7.50. The molecule has 0 amide bonds. The van der Waals surface area contributed by atoms with E-state index in [4.69, 9.17) is 0 Å². The Labute approximate surface area is 93.1 Å². The molecule has 0 bridgehead atoms. The van der Waals surface area contributed by atoms with E-state index < -0.39 is 0 Å². The predicted octanol–water partition coefficient (Wildman–Crippen LogP) is 2.92. The van der Waals surface area contributed by atoms with Gasteiger partial charge in [0.1, 0.15) is 0 Å². The standard InChI is InChI=1S/C14H20N/c1-3-8-14(9-4-1)10-7-13-15-11-5-2-6-12-15/h1-4,8-9H,5-7,10-13H2. The molecule has 1 aliphatic rings. The smallest absolute Gasteiger partial charge is 0.00156 e. The van der Waals surface area contributed by atoms with E-state index in [9.17, 15) is 0 Å². The zero-order chi connectivity index (χ0) is 10.3. The highest BCUT2D eigenvalue weighted by atomic mass is 15.1. The van der Waals surface area contributed by atoms with Gasteiger partial charge in [0, 0.05) is 0 Å². The predicted molar refractivity (Wildman–Crippen MR) is 64.7 cm³/mol. The SMILES string of the molecule is [CH]1CCN(CCCc2ccccc2)CC1. The maximum Gasteiger partial charge on any atom is -0.00156 e. The largest absolute Gasteiger partial charge is 0.303 e. The summed E-state index contributed by atoms with van der Waals surface area (Å²) in [6, 6.07) is 10.8. The first-order valence-corrected chi connectivity index (χ1v) is 6.03. The van der Waals surface area contributed by atoms with Crippen molar-refractivity contribution in [3.63, 3.8) is 0 Å². The van der Waals surface area contributed by atoms with Crippen molar-refractivity contribution in [2.45, 2.75) is 25.7 Å². The quantitative estimate of drug-likeness (QED) is 0.725. The number of benzene rings is 1. The van der Waals surface area contributed by atoms with Crippen molar-refractivity contribution >= 4 is 0 Å². The number of aryl methyl sites for hydroxylation is 1. The van der Waals surface area contributed by atoms with Gasteiger partial charge in [-0.3, -0.25) is 0 Å². The highest BCUT2D eigenvalue weighted by Gasteiger charge is 2.08. The summed E-state index contributed by atoms with van der Waals surface area (Å²) in [4.78, 5) is 2.59. The van der Waals surface area contributed by atoms with Crippen LogP contribution in [0.4, 0.5) is 0 Å². The molecule has 1 aliphatic heterocycles. The highest BCUT2D eigenvalue weighted by molar-refractivity contribution is 5.14. The molecule has 1 nitrogen and oxygen atoms in total. The fourth-order valence-electron chi connectivity index (χ4n) is 2.18. The minimum Gasteiger partial charge on any atom is -0.303 e. The topological polar surface area (TPSA) is 3.24 Å². The van der Waals surface area contributed by atoms with E-state index in [1.54, 1.807) is 0 Å². The van der Waals surface area contributed by atoms with Crippen LogP contribution >= 0.6 is 0 Å². The average molecular weight is 202 g/mol. The molecule has 1 radical (unpaired) electrons. The highest BCUT2D eigenvalue weighted by Crippen LogP contribution is 2.09. The Morgan fingerprint density at radius 2 is 1.73 bits per heavy atom. The third kappa shape index (κ3) is 3.67. The molecule has 1 aromatic carbocycles. The van der Waals surface area contributed by atoms with Crippen LogP contribution in [0.1, 0.15) is 24.8 Å². The van der Waals surface area contributed by atoms with Gasteiger partial charge >= 0.3 is 0 Å². The average Bonchev–Trinajstić information content (AvgIpc) is 2.32. The lowest BCUT2D eigenvalue weighted by Gasteiger charge is -2.26. The summed E-state index contributed by atoms with van der Waals surface area (Å²) >= 11 is 0. The molecule has 1 saturated heterocycles. The summed E-state index contributed by atoms with van der Waals surface area (Å²) in [5, 5.41) is 0. The van der Waals surface area contributed by atoms with Crippen molar-refractivity contribution < 1.29 is 0 Å². The molecule has 2 rings (SSSR count). The van der Waals surface area contributed by atoms with E-state index in [2.05, 4.69) is 41.7 Å². The van der Waals surface area contributed by atoms with Crippen molar-refractivity contribution in [3.8, 4) is 0 Å². The number of rotatable bonds is 4. The maximum atomic E-state index is 2.59. The van der Waals surface area contributed by atoms with Gasteiger partial charge in [-0.1, -0.05) is 30.3 Å². The second-order valence-electron chi connectivity index (χ2n) is 4.30. The van der Waals surface area contributed by atoms with Gasteiger partial charge in [-0.05, 0) is 57.3 Å². The van der Waals surface area contributed by atoms with Gasteiger partial charge in [-0.15, -0.1) is 0 Å². The molecule has 1 heteroatoms. The normalized spacial score (nSPS) is 17.9. The monoisotopic (exact) mass is 202 g/mol. The van der Waals surface area contributed by atoms with Crippen LogP contribution in [-0.4, -0.2) is 24.5 Å². The number of likely N-dealkylation sites (tertiary alicyclic amines) is 1. The van der Waals surface area contributed by atoms with Gasteiger partial charge in [0.05, 0.1) is 0 Å². The Bertz CT molecular complexity index is 262. The molecule has 1 aromatic rings. The Kier molecular flexibility index (Phi) is 4.22. The molecule has 15 heavy (non-hydrogen) atoms. The van der Waals surface area contributed by atoms with Gasteiger partial charge in [0.25, 0.3) is 0 Å². The Morgan fingerprint density at radius 1 is 1.00 bits per heavy atom. The van der Waals surface area contributed by atoms with Crippen molar-refractivity contribution in [1.82, 2.24) is 4.90 Å². The van der Waals surface area contributed by atoms with Gasteiger partial charge in [0.15, 0.2) is 0 Å². The van der Waals surface area contributed by atoms with Crippen molar-refractivity contribution in [3.05, 3.63) is 42.3 Å². The minimum atomic E-state index is 1.22. The van der Waals surface area contributed by atoms with Gasteiger partial charge in [-0.2, -0.15) is 0 Å². The molecular weight excluding hydrogens is 182 g/mol. The fraction of sp³-hybridized carbons (Fsp3) is 0.500. The Balaban J connectivity index is 1.66. The molecule has 0 N–H and O–H groups in total. The lowest BCUT2D eigenvalue weighted by molar-refractivity contribution is 0.251. The summed E-state index contributed by atoms with van der Waals surface area (Å²) < 4.78 is 0. The van der Waals surface area contributed by atoms with Crippen LogP contribution in [0.5, 0.6) is 0 Å². The lowest BCUT2D eigenvalue weighted by atomic mass is 10.1. The Hall–Kier alpha value is -0.820. The molecule has 0 aromatic heterocycles. The number of piperidine rings is 1. The van der Waals surface area contributed by atoms with Crippen LogP contribution in [0.15, 0.2) is 30.3 Å². The van der Waals surface area contributed by atoms with Gasteiger partial charge in [0.2, 0.25) is 0 Å². The molecule has 0 saturated carbocycles. The molecule has 1 heterocycles. The van der Waals surface area contributed by atoms with Crippen molar-refractivity contribution in [2.75, 3.05) is 19.6 Å². The van der Waals surface area contributed by atoms with E-state index in [1.165, 1.54) is 50.9 Å². The first kappa shape index (κ1) is 10.7. The first-order valence-electron chi connectivity index (χ1n) is 6.03. The van der Waals surface area contributed by atoms with Crippen molar-refractivity contribution in [1.29, 1.82) is 0 Å². The van der Waals surface area contributed by atoms with Crippen LogP contribution in [0.2, 0.25) is 0 Å². The summed E-state index contributed by atoms with van der Waals surface area (Å²) in [5.74, 6) is 0. The van der Waals surface area contributed by atoms with Crippen LogP contribution in [0.3, 0.4) is 0 Å². The maximum absolute atomic E-state index is 2.59. The van der Waals surface area contributed by atoms with E-state index in [1.807, 2.05) is 0 Å². The van der Waals surface area contributed by atoms with E-state index >= 15 is 0 Å². The summed E-state index contributed by atoms with van der Waals surface area (Å²) in [5.41, 5.74) is 1.47. The third-order valence-corrected chi connectivity index (χ3v) is 3.08. The van der Waals surface area contributed by atoms with Gasteiger partial charge in [-0.25, -0.2) is 0 Å². The molecule has 0 unspecified atom stereocenters. The molecular formula is C14H20N. The first-order chi connectivity index (χ1) is 7.45. The van der Waals surface area contributed by atoms with Crippen LogP contribution < -0.4 is 0 Å². The Morgan fingerprint density at radius 3 is 2.47 bits per heavy atom. The lowest BCUT2D eigenvalue weighted by Crippen LogP contribution is -2.31. The molecule has 0 aliphatic carbocycles. The fourth-order valence-corrected chi connectivity index (χ4v) is 2.18. The zero-order valence-corrected chi connectivity index (χ0v) is 9.36. The van der Waals surface area contributed by atoms with Gasteiger partial charge < -0.3 is 4.90 Å². The van der Waals surface area contributed by atoms with Crippen molar-refractivity contribution in [2.24, 2.45) is 0 Å². The molecule has 1 fully saturated rings. The van der Waals surface area contributed by atoms with E-state index in [-0.39, 0.29) is 0 Å². The van der Waals surface area contributed by atoms with E-state index in [0.29, 0.717) is 0 Å². The second-order valence-corrected chi connectivity index (χ2v) is 4.30. The number of hydrogen-bond acceptors (Lipinski definition) is 1. The number of hydrogen-bond donors (Lipinski definition) is 0. The van der Waals surface area contributed by atoms with Crippen LogP contribution in [0, 0.1) is 6.42 Å². The molecule has 0 spiro atoms. The minimum absolute atomic E-state index is 1.22. The molecule has 0 atom stereocenters. The van der Waals surface area contributed by atoms with E-state index in [0.717, 1.165) is 0 Å². The van der Waals surface area contributed by atoms with Crippen LogP contribution in [0.25, 0.3) is 0 Å². The second kappa shape index (κ2) is 5.92. The summed E-state index contributed by atoms with van der Waals surface area (Å²) in [7, 11) is 0. The zero-order valence-electron chi connectivity index (χ0n) is 9.36. The number of nitrogens with zero attached hydrogens (tertiary/aromatic N) is 1. The third-order valence-electron chi connectivity index (χ3n) is 3.08. The molecule has 81 valence electrons.